The monoisotopic (exact) mass is 414 g/mol. The van der Waals surface area contributed by atoms with Crippen LogP contribution in [-0.2, 0) is 14.6 Å². The van der Waals surface area contributed by atoms with Gasteiger partial charge in [0.1, 0.15) is 0 Å². The van der Waals surface area contributed by atoms with Crippen molar-refractivity contribution in [2.24, 2.45) is 0 Å². The van der Waals surface area contributed by atoms with Gasteiger partial charge < -0.3 is 5.32 Å². The normalized spacial score (nSPS) is 11.5. The minimum Gasteiger partial charge on any atom is -0.302 e. The van der Waals surface area contributed by atoms with Gasteiger partial charge in [-0.25, -0.2) is 13.4 Å². The fourth-order valence-electron chi connectivity index (χ4n) is 2.66. The van der Waals surface area contributed by atoms with E-state index in [2.05, 4.69) is 36.3 Å². The fraction of sp³-hybridized carbons (Fsp3) is 0.238. The first kappa shape index (κ1) is 20.2. The summed E-state index contributed by atoms with van der Waals surface area (Å²) in [6, 6.07) is 16.3. The molecule has 0 radical (unpaired) electrons. The Morgan fingerprint density at radius 3 is 2.39 bits per heavy atom. The Kier molecular flexibility index (Phi) is 6.26. The van der Waals surface area contributed by atoms with Crippen LogP contribution in [0.25, 0.3) is 11.3 Å². The maximum atomic E-state index is 12.3. The van der Waals surface area contributed by atoms with Crippen LogP contribution in [0.1, 0.15) is 31.7 Å². The summed E-state index contributed by atoms with van der Waals surface area (Å²) in [6.07, 6.45) is -0.116. The van der Waals surface area contributed by atoms with Gasteiger partial charge >= 0.3 is 0 Å². The molecule has 0 spiro atoms. The van der Waals surface area contributed by atoms with Gasteiger partial charge in [-0.05, 0) is 23.6 Å². The van der Waals surface area contributed by atoms with Gasteiger partial charge in [-0.15, -0.1) is 11.3 Å². The van der Waals surface area contributed by atoms with E-state index in [-0.39, 0.29) is 23.0 Å². The van der Waals surface area contributed by atoms with Crippen molar-refractivity contribution in [2.75, 3.05) is 11.1 Å². The lowest BCUT2D eigenvalue weighted by atomic mass is 10.0. The summed E-state index contributed by atoms with van der Waals surface area (Å²) < 4.78 is 24.5. The molecule has 0 atom stereocenters. The first-order valence-electron chi connectivity index (χ1n) is 8.98. The molecule has 1 amide bonds. The first-order valence-corrected chi connectivity index (χ1v) is 11.5. The Morgan fingerprint density at radius 2 is 1.75 bits per heavy atom. The highest BCUT2D eigenvalue weighted by Gasteiger charge is 2.17. The Labute approximate surface area is 169 Å². The minimum absolute atomic E-state index is 0.116. The van der Waals surface area contributed by atoms with Crippen LogP contribution in [0.15, 0.2) is 64.9 Å². The largest absolute Gasteiger partial charge is 0.302 e. The van der Waals surface area contributed by atoms with Crippen molar-refractivity contribution >= 4 is 32.2 Å². The van der Waals surface area contributed by atoms with Gasteiger partial charge in [-0.1, -0.05) is 56.3 Å². The summed E-state index contributed by atoms with van der Waals surface area (Å²) in [7, 11) is -3.47. The summed E-state index contributed by atoms with van der Waals surface area (Å²) in [5.74, 6) is -0.139. The SMILES string of the molecule is CC(C)c1ccc(-c2csc(NC(=O)CCS(=O)(=O)c3ccccc3)n2)cc1. The van der Waals surface area contributed by atoms with Crippen LogP contribution < -0.4 is 5.32 Å². The van der Waals surface area contributed by atoms with Crippen molar-refractivity contribution in [1.82, 2.24) is 4.98 Å². The third kappa shape index (κ3) is 5.05. The molecule has 146 valence electrons. The van der Waals surface area contributed by atoms with Crippen LogP contribution in [0.5, 0.6) is 0 Å². The second-order valence-corrected chi connectivity index (χ2v) is 9.71. The Balaban J connectivity index is 1.59. The topological polar surface area (TPSA) is 76.1 Å². The van der Waals surface area contributed by atoms with Crippen LogP contribution in [0.3, 0.4) is 0 Å². The lowest BCUT2D eigenvalue weighted by Gasteiger charge is -2.05. The molecule has 0 fully saturated rings. The predicted octanol–water partition coefficient (Wildman–Crippen LogP) is 4.74. The molecule has 0 saturated carbocycles. The van der Waals surface area contributed by atoms with E-state index in [0.29, 0.717) is 11.0 Å². The number of benzene rings is 2. The highest BCUT2D eigenvalue weighted by atomic mass is 32.2. The van der Waals surface area contributed by atoms with E-state index >= 15 is 0 Å². The molecule has 1 N–H and O–H groups in total. The number of sulfone groups is 1. The van der Waals surface area contributed by atoms with Crippen molar-refractivity contribution < 1.29 is 13.2 Å². The highest BCUT2D eigenvalue weighted by molar-refractivity contribution is 7.91. The second kappa shape index (κ2) is 8.67. The number of nitrogens with one attached hydrogen (secondary N) is 1. The Morgan fingerprint density at radius 1 is 1.07 bits per heavy atom. The number of hydrogen-bond acceptors (Lipinski definition) is 5. The van der Waals surface area contributed by atoms with E-state index in [9.17, 15) is 13.2 Å². The number of thiazole rings is 1. The van der Waals surface area contributed by atoms with Gasteiger partial charge in [0.05, 0.1) is 16.3 Å². The standard InChI is InChI=1S/C21H22N2O3S2/c1-15(2)16-8-10-17(11-9-16)19-14-27-21(22-19)23-20(24)12-13-28(25,26)18-6-4-3-5-7-18/h3-11,14-15H,12-13H2,1-2H3,(H,22,23,24). The van der Waals surface area contributed by atoms with E-state index in [4.69, 9.17) is 0 Å². The third-order valence-electron chi connectivity index (χ3n) is 4.32. The van der Waals surface area contributed by atoms with Crippen LogP contribution >= 0.6 is 11.3 Å². The van der Waals surface area contributed by atoms with Gasteiger partial charge in [0.15, 0.2) is 15.0 Å². The van der Waals surface area contributed by atoms with Gasteiger partial charge in [0.2, 0.25) is 5.91 Å². The number of rotatable bonds is 7. The van der Waals surface area contributed by atoms with Crippen molar-refractivity contribution in [3.8, 4) is 11.3 Å². The molecule has 3 aromatic rings. The summed E-state index contributed by atoms with van der Waals surface area (Å²) in [6.45, 7) is 4.28. The van der Waals surface area contributed by atoms with Crippen LogP contribution in [0.4, 0.5) is 5.13 Å². The van der Waals surface area contributed by atoms with Gasteiger partial charge in [0, 0.05) is 17.4 Å². The van der Waals surface area contributed by atoms with Crippen molar-refractivity contribution in [3.63, 3.8) is 0 Å². The zero-order valence-electron chi connectivity index (χ0n) is 15.8. The molecular weight excluding hydrogens is 392 g/mol. The summed E-state index contributed by atoms with van der Waals surface area (Å²) in [5, 5.41) is 5.03. The first-order chi connectivity index (χ1) is 13.3. The molecule has 28 heavy (non-hydrogen) atoms. The number of carbonyl (C=O) groups is 1. The highest BCUT2D eigenvalue weighted by Crippen LogP contribution is 2.26. The van der Waals surface area contributed by atoms with Crippen molar-refractivity contribution in [1.29, 1.82) is 0 Å². The second-order valence-electron chi connectivity index (χ2n) is 6.74. The lowest BCUT2D eigenvalue weighted by molar-refractivity contribution is -0.115. The molecule has 2 aromatic carbocycles. The predicted molar refractivity (Wildman–Crippen MR) is 113 cm³/mol. The fourth-order valence-corrected chi connectivity index (χ4v) is 4.65. The maximum absolute atomic E-state index is 12.3. The molecule has 0 aliphatic heterocycles. The number of amides is 1. The zero-order chi connectivity index (χ0) is 20.1. The molecule has 0 saturated heterocycles. The summed E-state index contributed by atoms with van der Waals surface area (Å²) in [5.41, 5.74) is 3.02. The van der Waals surface area contributed by atoms with Crippen LogP contribution in [0.2, 0.25) is 0 Å². The molecule has 3 rings (SSSR count). The molecule has 0 unspecified atom stereocenters. The van der Waals surface area contributed by atoms with Gasteiger partial charge in [0.25, 0.3) is 0 Å². The van der Waals surface area contributed by atoms with E-state index < -0.39 is 9.84 Å². The van der Waals surface area contributed by atoms with Gasteiger partial charge in [-0.3, -0.25) is 4.79 Å². The number of nitrogens with zero attached hydrogens (tertiary/aromatic N) is 1. The summed E-state index contributed by atoms with van der Waals surface area (Å²) >= 11 is 1.32. The Bertz CT molecular complexity index is 1040. The van der Waals surface area contributed by atoms with E-state index in [1.54, 1.807) is 18.2 Å². The van der Waals surface area contributed by atoms with Crippen molar-refractivity contribution in [2.45, 2.75) is 31.1 Å². The van der Waals surface area contributed by atoms with Crippen LogP contribution in [-0.4, -0.2) is 25.1 Å². The third-order valence-corrected chi connectivity index (χ3v) is 6.81. The van der Waals surface area contributed by atoms with E-state index in [1.165, 1.54) is 29.0 Å². The molecule has 0 aliphatic rings. The molecule has 7 heteroatoms. The molecular formula is C21H22N2O3S2. The summed E-state index contributed by atoms with van der Waals surface area (Å²) in [4.78, 5) is 16.8. The number of aromatic nitrogens is 1. The average molecular weight is 415 g/mol. The van der Waals surface area contributed by atoms with E-state index in [0.717, 1.165) is 11.3 Å². The minimum atomic E-state index is -3.47. The zero-order valence-corrected chi connectivity index (χ0v) is 17.4. The average Bonchev–Trinajstić information content (AvgIpc) is 3.16. The Hall–Kier alpha value is -2.51. The van der Waals surface area contributed by atoms with E-state index in [1.807, 2.05) is 17.5 Å². The van der Waals surface area contributed by atoms with Gasteiger partial charge in [-0.2, -0.15) is 0 Å². The molecule has 5 nitrogen and oxygen atoms in total. The van der Waals surface area contributed by atoms with Crippen molar-refractivity contribution in [3.05, 3.63) is 65.5 Å². The number of hydrogen-bond donors (Lipinski definition) is 1. The molecule has 1 heterocycles. The maximum Gasteiger partial charge on any atom is 0.227 e. The van der Waals surface area contributed by atoms with Crippen LogP contribution in [0, 0.1) is 0 Å². The number of carbonyl (C=O) groups excluding carboxylic acids is 1. The molecule has 0 aliphatic carbocycles. The number of anilines is 1. The smallest absolute Gasteiger partial charge is 0.227 e. The molecule has 0 bridgehead atoms. The quantitative estimate of drug-likeness (QED) is 0.606. The molecule has 1 aromatic heterocycles. The lowest BCUT2D eigenvalue weighted by Crippen LogP contribution is -2.17.